The highest BCUT2D eigenvalue weighted by atomic mass is 28.3. The van der Waals surface area contributed by atoms with E-state index >= 15 is 0 Å². The third kappa shape index (κ3) is 6.10. The molecule has 11 aromatic carbocycles. The zero-order chi connectivity index (χ0) is 55.3. The molecule has 13 aromatic rings. The van der Waals surface area contributed by atoms with Crippen molar-refractivity contribution in [2.75, 3.05) is 9.80 Å². The van der Waals surface area contributed by atoms with Crippen molar-refractivity contribution >= 4 is 115 Å². The first-order valence-corrected chi connectivity index (χ1v) is 35.1. The highest BCUT2D eigenvalue weighted by molar-refractivity contribution is 7.06. The molecule has 0 unspecified atom stereocenters. The van der Waals surface area contributed by atoms with Gasteiger partial charge in [0.1, 0.15) is 38.5 Å². The quantitative estimate of drug-likeness (QED) is 0.155. The summed E-state index contributed by atoms with van der Waals surface area (Å²) in [6.45, 7) is 19.8. The van der Waals surface area contributed by atoms with Crippen molar-refractivity contribution in [3.05, 3.63) is 241 Å². The summed E-state index contributed by atoms with van der Waals surface area (Å²) in [6, 6.07) is 81.9. The Balaban J connectivity index is 0.916. The van der Waals surface area contributed by atoms with Crippen molar-refractivity contribution in [2.45, 2.75) is 64.7 Å². The number of fused-ring (bicyclic) bond motifs is 20. The van der Waals surface area contributed by atoms with Crippen LogP contribution in [0.25, 0.3) is 88.4 Å². The van der Waals surface area contributed by atoms with Gasteiger partial charge in [-0.05, 0) is 126 Å². The fourth-order valence-electron chi connectivity index (χ4n) is 15.8. The van der Waals surface area contributed by atoms with Gasteiger partial charge in [-0.1, -0.05) is 212 Å². The maximum atomic E-state index is 7.39. The lowest BCUT2D eigenvalue weighted by Crippen LogP contribution is -2.51. The van der Waals surface area contributed by atoms with Gasteiger partial charge in [0.2, 0.25) is 0 Å². The predicted molar refractivity (Wildman–Crippen MR) is 350 cm³/mol. The normalized spacial score (nSPS) is 15.7. The van der Waals surface area contributed by atoms with Crippen molar-refractivity contribution in [3.63, 3.8) is 0 Å². The second kappa shape index (κ2) is 16.4. The lowest BCUT2D eigenvalue weighted by Gasteiger charge is -2.31. The summed E-state index contributed by atoms with van der Waals surface area (Å²) in [5.74, 6) is 0. The standard InChI is InChI=1S/C76H60N2O2Si2/c1-75(2)53-33-19-15-29-47(53)67-55(75)35-23-37-57(67)77(45-25-11-9-12-26-45)59-43-65-71(73-69(59)49-31-17-21-39-61(49)79-73)51-41-64-52(42-63(51)81(65,5)6)72-66(82(64,7)8)44-60(70-50-32-18-22-40-62(50)80-74(70)72)78(46-27-13-10-14-28-46)58-38-24-36-56-68(58)48-30-16-20-34-54(48)76(56,3)4/h9-44H,1-8H3. The summed E-state index contributed by atoms with van der Waals surface area (Å²) < 4.78 is 14.8. The first-order chi connectivity index (χ1) is 39.7. The molecule has 0 spiro atoms. The molecule has 2 aliphatic heterocycles. The number of furan rings is 2. The average Bonchev–Trinajstić information content (AvgIpc) is 3.64. The Labute approximate surface area is 480 Å². The second-order valence-electron chi connectivity index (χ2n) is 25.5. The van der Waals surface area contributed by atoms with Gasteiger partial charge < -0.3 is 18.6 Å². The van der Waals surface area contributed by atoms with Gasteiger partial charge in [-0.2, -0.15) is 0 Å². The molecule has 4 heterocycles. The van der Waals surface area contributed by atoms with Crippen molar-refractivity contribution in [2.24, 2.45) is 0 Å². The first kappa shape index (κ1) is 47.8. The minimum absolute atomic E-state index is 0.157. The summed E-state index contributed by atoms with van der Waals surface area (Å²) in [4.78, 5) is 5.11. The molecule has 394 valence electrons. The Kier molecular flexibility index (Phi) is 9.55. The smallest absolute Gasteiger partial charge is 0.145 e. The van der Waals surface area contributed by atoms with Crippen molar-refractivity contribution in [1.82, 2.24) is 0 Å². The summed E-state index contributed by atoms with van der Waals surface area (Å²) >= 11 is 0. The van der Waals surface area contributed by atoms with Crippen LogP contribution < -0.4 is 30.5 Å². The van der Waals surface area contributed by atoms with Crippen LogP contribution in [0, 0.1) is 0 Å². The van der Waals surface area contributed by atoms with E-state index in [2.05, 4.69) is 282 Å². The average molecular weight is 1090 g/mol. The van der Waals surface area contributed by atoms with E-state index < -0.39 is 16.1 Å². The fourth-order valence-corrected chi connectivity index (χ4v) is 21.9. The Hall–Kier alpha value is -8.95. The van der Waals surface area contributed by atoms with Gasteiger partial charge in [0.15, 0.2) is 0 Å². The SMILES string of the molecule is CC1(C)c2ccccc2-c2c(N(c3ccccc3)c3cc4c(c5oc6ccccc6c35)-c3cc5c(cc3[Si]4(C)C)-c3c(cc(N(c4ccccc4)c4cccc6c4-c4ccccc4C6(C)C)c4c3oc3ccccc34)[Si]5(C)C)cccc21. The maximum absolute atomic E-state index is 7.39. The summed E-state index contributed by atoms with van der Waals surface area (Å²) in [7, 11) is -5.03. The summed E-state index contributed by atoms with van der Waals surface area (Å²) in [5, 5.41) is 10.2. The second-order valence-corrected chi connectivity index (χ2v) is 34.2. The summed E-state index contributed by atoms with van der Waals surface area (Å²) in [6.07, 6.45) is 0. The molecule has 82 heavy (non-hydrogen) atoms. The highest BCUT2D eigenvalue weighted by Crippen LogP contribution is 2.58. The van der Waals surface area contributed by atoms with Gasteiger partial charge >= 0.3 is 0 Å². The highest BCUT2D eigenvalue weighted by Gasteiger charge is 2.48. The minimum atomic E-state index is -2.52. The van der Waals surface area contributed by atoms with Crippen molar-refractivity contribution in [3.8, 4) is 44.5 Å². The van der Waals surface area contributed by atoms with Crippen LogP contribution >= 0.6 is 0 Å². The van der Waals surface area contributed by atoms with Crippen LogP contribution in [0.2, 0.25) is 26.2 Å². The molecule has 0 atom stereocenters. The number of benzene rings is 11. The number of hydrogen-bond donors (Lipinski definition) is 0. The van der Waals surface area contributed by atoms with Crippen LogP contribution in [0.3, 0.4) is 0 Å². The van der Waals surface area contributed by atoms with Gasteiger partial charge in [0.25, 0.3) is 0 Å². The van der Waals surface area contributed by atoms with E-state index in [1.807, 2.05) is 0 Å². The van der Waals surface area contributed by atoms with E-state index in [4.69, 9.17) is 8.83 Å². The molecule has 0 bridgehead atoms. The zero-order valence-corrected chi connectivity index (χ0v) is 49.5. The molecule has 0 fully saturated rings. The Morgan fingerprint density at radius 2 is 0.683 bits per heavy atom. The lowest BCUT2D eigenvalue weighted by molar-refractivity contribution is 0.660. The number of nitrogens with zero attached hydrogens (tertiary/aromatic N) is 2. The van der Waals surface area contributed by atoms with E-state index in [0.717, 1.165) is 66.6 Å². The van der Waals surface area contributed by atoms with Gasteiger partial charge in [-0.25, -0.2) is 0 Å². The number of anilines is 6. The molecule has 17 rings (SSSR count). The molecule has 0 saturated heterocycles. The lowest BCUT2D eigenvalue weighted by atomic mass is 9.82. The maximum Gasteiger partial charge on any atom is 0.145 e. The monoisotopic (exact) mass is 1090 g/mol. The van der Waals surface area contributed by atoms with E-state index in [1.54, 1.807) is 0 Å². The largest absolute Gasteiger partial charge is 0.455 e. The Bertz CT molecular complexity index is 4630. The van der Waals surface area contributed by atoms with Crippen LogP contribution in [0.1, 0.15) is 49.9 Å². The Morgan fingerprint density at radius 3 is 1.11 bits per heavy atom. The Morgan fingerprint density at radius 1 is 0.317 bits per heavy atom. The van der Waals surface area contributed by atoms with Crippen molar-refractivity contribution in [1.29, 1.82) is 0 Å². The number of rotatable bonds is 6. The molecule has 0 saturated carbocycles. The van der Waals surface area contributed by atoms with Gasteiger partial charge in [-0.15, -0.1) is 0 Å². The predicted octanol–water partition coefficient (Wildman–Crippen LogP) is 18.6. The van der Waals surface area contributed by atoms with Crippen LogP contribution in [0.4, 0.5) is 34.1 Å². The van der Waals surface area contributed by atoms with Crippen LogP contribution in [0.5, 0.6) is 0 Å². The molecule has 2 aromatic heterocycles. The topological polar surface area (TPSA) is 32.8 Å². The zero-order valence-electron chi connectivity index (χ0n) is 47.5. The van der Waals surface area contributed by atoms with E-state index in [-0.39, 0.29) is 10.8 Å². The van der Waals surface area contributed by atoms with Crippen LogP contribution in [-0.4, -0.2) is 16.1 Å². The van der Waals surface area contributed by atoms with Crippen LogP contribution in [-0.2, 0) is 10.8 Å². The molecule has 4 aliphatic rings. The molecule has 2 aliphatic carbocycles. The molecule has 0 amide bonds. The van der Waals surface area contributed by atoms with Crippen LogP contribution in [0.15, 0.2) is 227 Å². The third-order valence-corrected chi connectivity index (χ3v) is 26.8. The van der Waals surface area contributed by atoms with E-state index in [9.17, 15) is 0 Å². The van der Waals surface area contributed by atoms with Gasteiger partial charge in [-0.3, -0.25) is 0 Å². The molecule has 4 nitrogen and oxygen atoms in total. The molecule has 0 N–H and O–H groups in total. The molecular weight excluding hydrogens is 1030 g/mol. The number of hydrogen-bond acceptors (Lipinski definition) is 4. The van der Waals surface area contributed by atoms with E-state index in [0.29, 0.717) is 0 Å². The molecule has 6 heteroatoms. The van der Waals surface area contributed by atoms with Gasteiger partial charge in [0, 0.05) is 55.2 Å². The fraction of sp³-hybridized carbons (Fsp3) is 0.132. The van der Waals surface area contributed by atoms with E-state index in [1.165, 1.54) is 98.9 Å². The van der Waals surface area contributed by atoms with Gasteiger partial charge in [0.05, 0.1) is 33.5 Å². The first-order valence-electron chi connectivity index (χ1n) is 29.1. The molecule has 0 radical (unpaired) electrons. The van der Waals surface area contributed by atoms with Crippen molar-refractivity contribution < 1.29 is 8.83 Å². The summed E-state index contributed by atoms with van der Waals surface area (Å²) in [5.41, 5.74) is 26.1. The number of para-hydroxylation sites is 4. The molecular formula is C76H60N2O2Si2. The minimum Gasteiger partial charge on any atom is -0.455 e. The third-order valence-electron chi connectivity index (χ3n) is 19.8.